The highest BCUT2D eigenvalue weighted by Crippen LogP contribution is 2.29. The van der Waals surface area contributed by atoms with E-state index in [0.29, 0.717) is 0 Å². The van der Waals surface area contributed by atoms with Gasteiger partial charge in [0.15, 0.2) is 0 Å². The molecule has 0 aliphatic rings. The van der Waals surface area contributed by atoms with E-state index in [0.717, 1.165) is 0 Å². The van der Waals surface area contributed by atoms with Crippen LogP contribution < -0.4 is 5.14 Å². The molecule has 0 bridgehead atoms. The first kappa shape index (κ1) is 7.16. The number of hydrogen-bond acceptors (Lipinski definition) is 3. The van der Waals surface area contributed by atoms with Gasteiger partial charge < -0.3 is 0 Å². The first-order valence-corrected chi connectivity index (χ1v) is 4.95. The van der Waals surface area contributed by atoms with Crippen LogP contribution in [0.25, 0.3) is 10.1 Å². The van der Waals surface area contributed by atoms with Crippen molar-refractivity contribution in [2.24, 2.45) is 5.14 Å². The van der Waals surface area contributed by atoms with Crippen molar-refractivity contribution in [3.63, 3.8) is 0 Å². The quantitative estimate of drug-likeness (QED) is 0.685. The van der Waals surface area contributed by atoms with Crippen molar-refractivity contribution in [2.75, 3.05) is 0 Å². The molecule has 0 fully saturated rings. The largest absolute Gasteiger partial charge is 0.273 e. The van der Waals surface area contributed by atoms with Crippen LogP contribution in [0.1, 0.15) is 0 Å². The molecule has 0 amide bonds. The highest BCUT2D eigenvalue weighted by atomic mass is 32.2. The normalized spacial score (nSPS) is 10.6. The second-order valence-electron chi connectivity index (χ2n) is 2.22. The minimum atomic E-state index is 1.17. The molecule has 0 radical (unpaired) electrons. The molecular formula is C8H7NS2. The van der Waals surface area contributed by atoms with Gasteiger partial charge in [-0.25, -0.2) is 0 Å². The molecule has 11 heavy (non-hydrogen) atoms. The second kappa shape index (κ2) is 2.85. The molecule has 0 atom stereocenters. The number of fused-ring (bicyclic) bond motifs is 1. The molecule has 2 rings (SSSR count). The van der Waals surface area contributed by atoms with Crippen LogP contribution in [0.2, 0.25) is 0 Å². The number of benzene rings is 1. The fourth-order valence-electron chi connectivity index (χ4n) is 1.02. The van der Waals surface area contributed by atoms with Gasteiger partial charge in [-0.3, -0.25) is 5.14 Å². The maximum Gasteiger partial charge on any atom is 0.0761 e. The van der Waals surface area contributed by atoms with E-state index in [9.17, 15) is 0 Å². The molecule has 56 valence electrons. The molecule has 0 spiro atoms. The predicted molar refractivity (Wildman–Crippen MR) is 51.9 cm³/mol. The summed E-state index contributed by atoms with van der Waals surface area (Å²) in [5.41, 5.74) is 0. The summed E-state index contributed by atoms with van der Waals surface area (Å²) >= 11 is 3.05. The van der Waals surface area contributed by atoms with Gasteiger partial charge in [-0.1, -0.05) is 18.2 Å². The smallest absolute Gasteiger partial charge is 0.0761 e. The van der Waals surface area contributed by atoms with E-state index in [1.54, 1.807) is 11.3 Å². The Hall–Kier alpha value is -0.510. The third-order valence-electron chi connectivity index (χ3n) is 1.52. The van der Waals surface area contributed by atoms with Gasteiger partial charge in [0.05, 0.1) is 4.21 Å². The summed E-state index contributed by atoms with van der Waals surface area (Å²) in [5.74, 6) is 0. The Bertz CT molecular complexity index is 334. The van der Waals surface area contributed by atoms with Crippen molar-refractivity contribution in [1.82, 2.24) is 0 Å². The van der Waals surface area contributed by atoms with Gasteiger partial charge in [0, 0.05) is 4.70 Å². The summed E-state index contributed by atoms with van der Waals surface area (Å²) in [7, 11) is 0. The van der Waals surface area contributed by atoms with Crippen LogP contribution in [-0.4, -0.2) is 0 Å². The zero-order valence-electron chi connectivity index (χ0n) is 5.78. The summed E-state index contributed by atoms with van der Waals surface area (Å²) in [5, 5.41) is 6.72. The zero-order chi connectivity index (χ0) is 7.68. The highest BCUT2D eigenvalue weighted by Gasteiger charge is 1.97. The SMILES string of the molecule is NSc1cc2ccccc2s1. The minimum absolute atomic E-state index is 1.17. The zero-order valence-corrected chi connectivity index (χ0v) is 7.41. The van der Waals surface area contributed by atoms with Gasteiger partial charge in [-0.15, -0.1) is 11.3 Å². The first-order chi connectivity index (χ1) is 5.40. The van der Waals surface area contributed by atoms with Crippen LogP contribution in [0.5, 0.6) is 0 Å². The van der Waals surface area contributed by atoms with E-state index in [1.807, 2.05) is 12.1 Å². The predicted octanol–water partition coefficient (Wildman–Crippen LogP) is 2.87. The van der Waals surface area contributed by atoms with Crippen molar-refractivity contribution >= 4 is 33.4 Å². The van der Waals surface area contributed by atoms with E-state index in [-0.39, 0.29) is 0 Å². The van der Waals surface area contributed by atoms with Crippen molar-refractivity contribution in [1.29, 1.82) is 0 Å². The van der Waals surface area contributed by atoms with Gasteiger partial charge in [0.25, 0.3) is 0 Å². The van der Waals surface area contributed by atoms with Crippen LogP contribution in [0.15, 0.2) is 34.5 Å². The lowest BCUT2D eigenvalue weighted by Gasteiger charge is -1.82. The molecule has 3 heteroatoms. The van der Waals surface area contributed by atoms with Crippen LogP contribution in [-0.2, 0) is 0 Å². The van der Waals surface area contributed by atoms with E-state index in [2.05, 4.69) is 18.2 Å². The highest BCUT2D eigenvalue weighted by molar-refractivity contribution is 7.99. The number of hydrogen-bond donors (Lipinski definition) is 1. The Kier molecular flexibility index (Phi) is 1.85. The van der Waals surface area contributed by atoms with Crippen molar-refractivity contribution in [3.8, 4) is 0 Å². The standard InChI is InChI=1S/C8H7NS2/c9-11-8-5-6-3-1-2-4-7(6)10-8/h1-5H,9H2. The van der Waals surface area contributed by atoms with Gasteiger partial charge in [-0.05, 0) is 29.5 Å². The Balaban J connectivity index is 2.69. The molecular weight excluding hydrogens is 174 g/mol. The fraction of sp³-hybridized carbons (Fsp3) is 0. The molecule has 1 aromatic heterocycles. The van der Waals surface area contributed by atoms with Gasteiger partial charge in [0.2, 0.25) is 0 Å². The maximum atomic E-state index is 5.44. The third-order valence-corrected chi connectivity index (χ3v) is 3.32. The molecule has 0 saturated carbocycles. The Labute approximate surface area is 73.4 Å². The lowest BCUT2D eigenvalue weighted by atomic mass is 10.3. The van der Waals surface area contributed by atoms with E-state index in [1.165, 1.54) is 26.2 Å². The van der Waals surface area contributed by atoms with Gasteiger partial charge in [0.1, 0.15) is 0 Å². The maximum absolute atomic E-state index is 5.44. The Morgan fingerprint density at radius 2 is 2.09 bits per heavy atom. The number of nitrogens with two attached hydrogens (primary N) is 1. The van der Waals surface area contributed by atoms with Crippen LogP contribution >= 0.6 is 23.3 Å². The van der Waals surface area contributed by atoms with Gasteiger partial charge in [-0.2, -0.15) is 0 Å². The summed E-state index contributed by atoms with van der Waals surface area (Å²) in [4.78, 5) is 0. The van der Waals surface area contributed by atoms with Crippen LogP contribution in [0, 0.1) is 0 Å². The molecule has 1 heterocycles. The molecule has 0 unspecified atom stereocenters. The minimum Gasteiger partial charge on any atom is -0.273 e. The van der Waals surface area contributed by atoms with Crippen LogP contribution in [0.3, 0.4) is 0 Å². The van der Waals surface area contributed by atoms with E-state index >= 15 is 0 Å². The monoisotopic (exact) mass is 181 g/mol. The average molecular weight is 181 g/mol. The number of thiophene rings is 1. The summed E-state index contributed by atoms with van der Waals surface area (Å²) in [6.45, 7) is 0. The van der Waals surface area contributed by atoms with Crippen LogP contribution in [0.4, 0.5) is 0 Å². The Morgan fingerprint density at radius 3 is 2.82 bits per heavy atom. The summed E-state index contributed by atoms with van der Waals surface area (Å²) in [6, 6.07) is 10.4. The first-order valence-electron chi connectivity index (χ1n) is 3.25. The molecule has 2 aromatic rings. The fourth-order valence-corrected chi connectivity index (χ4v) is 2.47. The van der Waals surface area contributed by atoms with E-state index < -0.39 is 0 Å². The van der Waals surface area contributed by atoms with Gasteiger partial charge >= 0.3 is 0 Å². The average Bonchev–Trinajstić information content (AvgIpc) is 2.46. The molecule has 0 aliphatic heterocycles. The van der Waals surface area contributed by atoms with Crippen molar-refractivity contribution in [3.05, 3.63) is 30.3 Å². The van der Waals surface area contributed by atoms with Crippen molar-refractivity contribution < 1.29 is 0 Å². The summed E-state index contributed by atoms with van der Waals surface area (Å²) < 4.78 is 2.48. The van der Waals surface area contributed by atoms with Crippen molar-refractivity contribution in [2.45, 2.75) is 4.21 Å². The Morgan fingerprint density at radius 1 is 1.27 bits per heavy atom. The second-order valence-corrected chi connectivity index (χ2v) is 4.24. The lowest BCUT2D eigenvalue weighted by molar-refractivity contribution is 1.74. The third kappa shape index (κ3) is 1.27. The molecule has 1 aromatic carbocycles. The topological polar surface area (TPSA) is 26.0 Å². The van der Waals surface area contributed by atoms with E-state index in [4.69, 9.17) is 5.14 Å². The summed E-state index contributed by atoms with van der Waals surface area (Å²) in [6.07, 6.45) is 0. The molecule has 2 N–H and O–H groups in total. The molecule has 0 saturated heterocycles. The number of rotatable bonds is 1. The lowest BCUT2D eigenvalue weighted by Crippen LogP contribution is -1.70. The molecule has 0 aliphatic carbocycles. The molecule has 1 nitrogen and oxygen atoms in total.